The predicted octanol–water partition coefficient (Wildman–Crippen LogP) is 1.60. The van der Waals surface area contributed by atoms with Crippen LogP contribution in [0.5, 0.6) is 17.2 Å². The maximum absolute atomic E-state index is 12.2. The van der Waals surface area contributed by atoms with Gasteiger partial charge < -0.3 is 19.5 Å². The van der Waals surface area contributed by atoms with Crippen LogP contribution >= 0.6 is 0 Å². The van der Waals surface area contributed by atoms with Gasteiger partial charge in [-0.25, -0.2) is 0 Å². The molecule has 1 amide bonds. The summed E-state index contributed by atoms with van der Waals surface area (Å²) in [6.45, 7) is 6.96. The van der Waals surface area contributed by atoms with Crippen molar-refractivity contribution < 1.29 is 33.4 Å². The number of ether oxygens (including phenoxy) is 3. The van der Waals surface area contributed by atoms with Crippen LogP contribution in [0, 0.1) is 0 Å². The molecule has 1 aromatic carbocycles. The van der Waals surface area contributed by atoms with Crippen LogP contribution in [0.2, 0.25) is 0 Å². The van der Waals surface area contributed by atoms with Gasteiger partial charge >= 0.3 is 17.9 Å². The van der Waals surface area contributed by atoms with Crippen LogP contribution in [0.4, 0.5) is 0 Å². The molecule has 130 valence electrons. The van der Waals surface area contributed by atoms with Gasteiger partial charge in [0.1, 0.15) is 0 Å². The standard InChI is InChI=1S/C16H19NO7/c1-8(2)17-16(21)12-6-13(22-9(3)18)15(24-11(5)20)14(7-12)23-10(4)19/h6-8H,1-5H3,(H,17,21). The largest absolute Gasteiger partial charge is 0.423 e. The molecule has 0 bridgehead atoms. The Morgan fingerprint density at radius 2 is 1.25 bits per heavy atom. The molecule has 0 saturated heterocycles. The quantitative estimate of drug-likeness (QED) is 0.642. The van der Waals surface area contributed by atoms with E-state index in [9.17, 15) is 19.2 Å². The Hall–Kier alpha value is -2.90. The minimum atomic E-state index is -0.712. The second kappa shape index (κ2) is 8.09. The molecule has 0 aliphatic carbocycles. The summed E-state index contributed by atoms with van der Waals surface area (Å²) >= 11 is 0. The Balaban J connectivity index is 3.48. The van der Waals surface area contributed by atoms with E-state index in [4.69, 9.17) is 14.2 Å². The zero-order valence-corrected chi connectivity index (χ0v) is 14.1. The fourth-order valence-electron chi connectivity index (χ4n) is 1.76. The predicted molar refractivity (Wildman–Crippen MR) is 83.0 cm³/mol. The van der Waals surface area contributed by atoms with Crippen molar-refractivity contribution in [1.82, 2.24) is 5.32 Å². The van der Waals surface area contributed by atoms with Gasteiger partial charge in [-0.15, -0.1) is 0 Å². The minimum absolute atomic E-state index is 0.0760. The number of carbonyl (C=O) groups excluding carboxylic acids is 4. The lowest BCUT2D eigenvalue weighted by atomic mass is 10.1. The van der Waals surface area contributed by atoms with E-state index >= 15 is 0 Å². The molecule has 0 aliphatic rings. The SMILES string of the molecule is CC(=O)Oc1cc(C(=O)NC(C)C)cc(OC(C)=O)c1OC(C)=O. The van der Waals surface area contributed by atoms with Gasteiger partial charge in [0.2, 0.25) is 5.75 Å². The van der Waals surface area contributed by atoms with Crippen LogP contribution in [-0.4, -0.2) is 29.9 Å². The van der Waals surface area contributed by atoms with Crippen molar-refractivity contribution in [1.29, 1.82) is 0 Å². The number of hydrogen-bond donors (Lipinski definition) is 1. The van der Waals surface area contributed by atoms with Crippen LogP contribution < -0.4 is 19.5 Å². The Kier molecular flexibility index (Phi) is 6.46. The van der Waals surface area contributed by atoms with Gasteiger partial charge in [0, 0.05) is 32.4 Å². The molecule has 0 fully saturated rings. The lowest BCUT2D eigenvalue weighted by molar-refractivity contribution is -0.135. The van der Waals surface area contributed by atoms with E-state index in [0.717, 1.165) is 20.8 Å². The van der Waals surface area contributed by atoms with E-state index in [1.807, 2.05) is 0 Å². The molecule has 0 aliphatic heterocycles. The Bertz CT molecular complexity index is 642. The lowest BCUT2D eigenvalue weighted by Gasteiger charge is -2.15. The molecule has 0 atom stereocenters. The van der Waals surface area contributed by atoms with Crippen molar-refractivity contribution in [3.05, 3.63) is 17.7 Å². The van der Waals surface area contributed by atoms with Crippen LogP contribution in [-0.2, 0) is 14.4 Å². The fourth-order valence-corrected chi connectivity index (χ4v) is 1.76. The maximum atomic E-state index is 12.2. The summed E-state index contributed by atoms with van der Waals surface area (Å²) in [5.41, 5.74) is 0.0760. The molecular weight excluding hydrogens is 318 g/mol. The summed E-state index contributed by atoms with van der Waals surface area (Å²) in [6, 6.07) is 2.31. The zero-order valence-electron chi connectivity index (χ0n) is 14.1. The fraction of sp³-hybridized carbons (Fsp3) is 0.375. The first kappa shape index (κ1) is 19.1. The summed E-state index contributed by atoms with van der Waals surface area (Å²) in [4.78, 5) is 46.0. The van der Waals surface area contributed by atoms with Crippen LogP contribution in [0.25, 0.3) is 0 Å². The normalized spacial score (nSPS) is 10.1. The zero-order chi connectivity index (χ0) is 18.4. The van der Waals surface area contributed by atoms with Crippen molar-refractivity contribution in [2.75, 3.05) is 0 Å². The van der Waals surface area contributed by atoms with E-state index in [1.165, 1.54) is 12.1 Å². The van der Waals surface area contributed by atoms with Crippen LogP contribution in [0.15, 0.2) is 12.1 Å². The first-order valence-corrected chi connectivity index (χ1v) is 7.14. The van der Waals surface area contributed by atoms with E-state index in [0.29, 0.717) is 0 Å². The molecule has 0 heterocycles. The number of amides is 1. The Labute approximate surface area is 139 Å². The summed E-state index contributed by atoms with van der Waals surface area (Å²) < 4.78 is 14.9. The number of nitrogens with one attached hydrogen (secondary N) is 1. The van der Waals surface area contributed by atoms with Gasteiger partial charge in [0.25, 0.3) is 5.91 Å². The molecule has 1 rings (SSSR count). The summed E-state index contributed by atoms with van der Waals surface area (Å²) in [7, 11) is 0. The monoisotopic (exact) mass is 337 g/mol. The number of esters is 3. The Morgan fingerprint density at radius 1 is 0.833 bits per heavy atom. The van der Waals surface area contributed by atoms with Gasteiger partial charge in [-0.2, -0.15) is 0 Å². The van der Waals surface area contributed by atoms with Crippen molar-refractivity contribution >= 4 is 23.8 Å². The van der Waals surface area contributed by atoms with E-state index in [-0.39, 0.29) is 28.9 Å². The van der Waals surface area contributed by atoms with E-state index in [2.05, 4.69) is 5.32 Å². The summed E-state index contributed by atoms with van der Waals surface area (Å²) in [6.07, 6.45) is 0. The van der Waals surface area contributed by atoms with Gasteiger partial charge in [-0.1, -0.05) is 0 Å². The summed E-state index contributed by atoms with van der Waals surface area (Å²) in [5.74, 6) is -3.24. The molecule has 0 saturated carbocycles. The third kappa shape index (κ3) is 5.71. The molecule has 8 heteroatoms. The first-order chi connectivity index (χ1) is 11.1. The highest BCUT2D eigenvalue weighted by atomic mass is 16.6. The van der Waals surface area contributed by atoms with Crippen molar-refractivity contribution in [3.63, 3.8) is 0 Å². The molecule has 8 nitrogen and oxygen atoms in total. The number of carbonyl (C=O) groups is 4. The number of rotatable bonds is 5. The second-order valence-corrected chi connectivity index (χ2v) is 5.21. The third-order valence-electron chi connectivity index (χ3n) is 2.46. The molecule has 0 radical (unpaired) electrons. The molecule has 1 N–H and O–H groups in total. The Morgan fingerprint density at radius 3 is 1.58 bits per heavy atom. The van der Waals surface area contributed by atoms with E-state index < -0.39 is 23.8 Å². The second-order valence-electron chi connectivity index (χ2n) is 5.21. The van der Waals surface area contributed by atoms with Crippen molar-refractivity contribution in [2.24, 2.45) is 0 Å². The molecule has 0 aromatic heterocycles. The molecule has 1 aromatic rings. The van der Waals surface area contributed by atoms with Gasteiger partial charge in [-0.05, 0) is 26.0 Å². The maximum Gasteiger partial charge on any atom is 0.308 e. The van der Waals surface area contributed by atoms with Gasteiger partial charge in [-0.3, -0.25) is 19.2 Å². The van der Waals surface area contributed by atoms with Gasteiger partial charge in [0.05, 0.1) is 0 Å². The van der Waals surface area contributed by atoms with Crippen molar-refractivity contribution in [3.8, 4) is 17.2 Å². The van der Waals surface area contributed by atoms with E-state index in [1.54, 1.807) is 13.8 Å². The first-order valence-electron chi connectivity index (χ1n) is 7.14. The van der Waals surface area contributed by atoms with Gasteiger partial charge in [0.15, 0.2) is 11.5 Å². The summed E-state index contributed by atoms with van der Waals surface area (Å²) in [5, 5.41) is 2.65. The topological polar surface area (TPSA) is 108 Å². The highest BCUT2D eigenvalue weighted by molar-refractivity contribution is 5.96. The highest BCUT2D eigenvalue weighted by Gasteiger charge is 2.22. The minimum Gasteiger partial charge on any atom is -0.423 e. The van der Waals surface area contributed by atoms with Crippen LogP contribution in [0.3, 0.4) is 0 Å². The number of benzene rings is 1. The lowest BCUT2D eigenvalue weighted by Crippen LogP contribution is -2.30. The average molecular weight is 337 g/mol. The smallest absolute Gasteiger partial charge is 0.308 e. The van der Waals surface area contributed by atoms with Crippen molar-refractivity contribution in [2.45, 2.75) is 40.7 Å². The average Bonchev–Trinajstić information content (AvgIpc) is 2.39. The number of hydrogen-bond acceptors (Lipinski definition) is 7. The molecule has 0 unspecified atom stereocenters. The van der Waals surface area contributed by atoms with Crippen LogP contribution in [0.1, 0.15) is 45.0 Å². The third-order valence-corrected chi connectivity index (χ3v) is 2.46. The molecular formula is C16H19NO7. The molecule has 0 spiro atoms. The molecule has 24 heavy (non-hydrogen) atoms. The highest BCUT2D eigenvalue weighted by Crippen LogP contribution is 2.39.